The van der Waals surface area contributed by atoms with Crippen molar-refractivity contribution in [3.63, 3.8) is 0 Å². The Labute approximate surface area is 164 Å². The van der Waals surface area contributed by atoms with Gasteiger partial charge in [0.15, 0.2) is 5.69 Å². The maximum Gasteiger partial charge on any atom is 0.274 e. The van der Waals surface area contributed by atoms with E-state index < -0.39 is 0 Å². The van der Waals surface area contributed by atoms with Gasteiger partial charge in [-0.2, -0.15) is 5.10 Å². The van der Waals surface area contributed by atoms with Crippen molar-refractivity contribution in [2.45, 2.75) is 18.9 Å². The number of aromatic amines is 1. The molecular formula is C19H17BrClN3O2. The molecule has 1 fully saturated rings. The number of aromatic nitrogens is 2. The zero-order valence-electron chi connectivity index (χ0n) is 13.9. The number of H-pyrrole nitrogens is 1. The lowest BCUT2D eigenvalue weighted by molar-refractivity contribution is 0.0592. The average molecular weight is 435 g/mol. The maximum atomic E-state index is 12.9. The fraction of sp³-hybridized carbons (Fsp3) is 0.263. The molecule has 0 bridgehead atoms. The fourth-order valence-electron chi connectivity index (χ4n) is 3.18. The number of rotatable bonds is 3. The zero-order chi connectivity index (χ0) is 18.1. The standard InChI is InChI=1S/C19H17BrClN3O2/c20-12-1-6-17-16(11-12)18(23-22-17)19(25)24-9-7-15(8-10-24)26-14-4-2-13(21)3-5-14/h1-6,11,15H,7-10H2,(H,22,23). The van der Waals surface area contributed by atoms with E-state index in [9.17, 15) is 4.79 Å². The average Bonchev–Trinajstić information content (AvgIpc) is 3.06. The molecule has 4 rings (SSSR count). The van der Waals surface area contributed by atoms with E-state index in [-0.39, 0.29) is 12.0 Å². The predicted octanol–water partition coefficient (Wildman–Crippen LogP) is 4.66. The van der Waals surface area contributed by atoms with Crippen molar-refractivity contribution in [3.05, 3.63) is 57.7 Å². The first-order valence-electron chi connectivity index (χ1n) is 8.45. The van der Waals surface area contributed by atoms with Gasteiger partial charge in [-0.1, -0.05) is 27.5 Å². The Kier molecular flexibility index (Phi) is 4.87. The highest BCUT2D eigenvalue weighted by Crippen LogP contribution is 2.25. The Bertz CT molecular complexity index is 934. The summed E-state index contributed by atoms with van der Waals surface area (Å²) >= 11 is 9.35. The van der Waals surface area contributed by atoms with E-state index in [1.54, 1.807) is 0 Å². The predicted molar refractivity (Wildman–Crippen MR) is 105 cm³/mol. The van der Waals surface area contributed by atoms with Crippen LogP contribution in [0.2, 0.25) is 5.02 Å². The largest absolute Gasteiger partial charge is 0.490 e. The third-order valence-corrected chi connectivity index (χ3v) is 5.32. The van der Waals surface area contributed by atoms with Crippen molar-refractivity contribution in [3.8, 4) is 5.75 Å². The van der Waals surface area contributed by atoms with Gasteiger partial charge in [0.2, 0.25) is 0 Å². The molecule has 2 aromatic carbocycles. The van der Waals surface area contributed by atoms with Crippen LogP contribution >= 0.6 is 27.5 Å². The SMILES string of the molecule is O=C(c1n[nH]c2ccc(Br)cc12)N1CCC(Oc2ccc(Cl)cc2)CC1. The van der Waals surface area contributed by atoms with Gasteiger partial charge in [-0.3, -0.25) is 9.89 Å². The molecule has 5 nitrogen and oxygen atoms in total. The van der Waals surface area contributed by atoms with E-state index in [2.05, 4.69) is 26.1 Å². The number of carbonyl (C=O) groups excluding carboxylic acids is 1. The quantitative estimate of drug-likeness (QED) is 0.652. The first-order valence-corrected chi connectivity index (χ1v) is 9.62. The number of piperidine rings is 1. The second kappa shape index (κ2) is 7.29. The van der Waals surface area contributed by atoms with Gasteiger partial charge in [-0.25, -0.2) is 0 Å². The van der Waals surface area contributed by atoms with E-state index in [1.807, 2.05) is 47.4 Å². The number of likely N-dealkylation sites (tertiary alicyclic amines) is 1. The molecule has 1 aromatic heterocycles. The van der Waals surface area contributed by atoms with Crippen LogP contribution in [-0.4, -0.2) is 40.2 Å². The second-order valence-corrected chi connectivity index (χ2v) is 7.68. The smallest absolute Gasteiger partial charge is 0.274 e. The van der Waals surface area contributed by atoms with Crippen molar-refractivity contribution in [2.24, 2.45) is 0 Å². The molecule has 0 radical (unpaired) electrons. The summed E-state index contributed by atoms with van der Waals surface area (Å²) in [5.41, 5.74) is 1.33. The van der Waals surface area contributed by atoms with Crippen LogP contribution in [0.25, 0.3) is 10.9 Å². The molecule has 2 heterocycles. The molecule has 0 atom stereocenters. The van der Waals surface area contributed by atoms with Gasteiger partial charge >= 0.3 is 0 Å². The number of nitrogens with zero attached hydrogens (tertiary/aromatic N) is 2. The molecule has 26 heavy (non-hydrogen) atoms. The van der Waals surface area contributed by atoms with E-state index in [1.165, 1.54) is 0 Å². The second-order valence-electron chi connectivity index (χ2n) is 6.33. The molecule has 3 aromatic rings. The highest BCUT2D eigenvalue weighted by Gasteiger charge is 2.27. The van der Waals surface area contributed by atoms with Crippen molar-refractivity contribution in [1.29, 1.82) is 0 Å². The Balaban J connectivity index is 1.41. The summed E-state index contributed by atoms with van der Waals surface area (Å²) in [6, 6.07) is 13.1. The molecule has 134 valence electrons. The lowest BCUT2D eigenvalue weighted by Crippen LogP contribution is -2.42. The van der Waals surface area contributed by atoms with Crippen LogP contribution in [-0.2, 0) is 0 Å². The third kappa shape index (κ3) is 3.57. The molecule has 7 heteroatoms. The van der Waals surface area contributed by atoms with Gasteiger partial charge in [0.1, 0.15) is 11.9 Å². The minimum absolute atomic E-state index is 0.0423. The number of amides is 1. The Hall–Kier alpha value is -2.05. The molecule has 0 saturated carbocycles. The third-order valence-electron chi connectivity index (χ3n) is 4.57. The van der Waals surface area contributed by atoms with Crippen molar-refractivity contribution < 1.29 is 9.53 Å². The normalized spacial score (nSPS) is 15.4. The highest BCUT2D eigenvalue weighted by atomic mass is 79.9. The van der Waals surface area contributed by atoms with Gasteiger partial charge < -0.3 is 9.64 Å². The molecule has 1 aliphatic heterocycles. The van der Waals surface area contributed by atoms with Gasteiger partial charge in [-0.05, 0) is 42.5 Å². The van der Waals surface area contributed by atoms with E-state index in [0.717, 1.165) is 34.0 Å². The number of fused-ring (bicyclic) bond motifs is 1. The Morgan fingerprint density at radius 2 is 1.92 bits per heavy atom. The summed E-state index contributed by atoms with van der Waals surface area (Å²) in [6.07, 6.45) is 1.69. The minimum atomic E-state index is -0.0423. The van der Waals surface area contributed by atoms with Crippen LogP contribution in [0.3, 0.4) is 0 Å². The lowest BCUT2D eigenvalue weighted by Gasteiger charge is -2.31. The van der Waals surface area contributed by atoms with Gasteiger partial charge in [0, 0.05) is 40.8 Å². The summed E-state index contributed by atoms with van der Waals surface area (Å²) in [5, 5.41) is 8.68. The molecule has 1 N–H and O–H groups in total. The summed E-state index contributed by atoms with van der Waals surface area (Å²) in [5.74, 6) is 0.765. The van der Waals surface area contributed by atoms with Crippen LogP contribution in [0.1, 0.15) is 23.3 Å². The van der Waals surface area contributed by atoms with Crippen LogP contribution in [0, 0.1) is 0 Å². The van der Waals surface area contributed by atoms with Crippen LogP contribution < -0.4 is 4.74 Å². The van der Waals surface area contributed by atoms with Gasteiger partial charge in [-0.15, -0.1) is 0 Å². The fourth-order valence-corrected chi connectivity index (χ4v) is 3.67. The molecule has 1 saturated heterocycles. The maximum absolute atomic E-state index is 12.9. The number of benzene rings is 2. The molecule has 0 aliphatic carbocycles. The van der Waals surface area contributed by atoms with Crippen LogP contribution in [0.4, 0.5) is 0 Å². The number of hydrogen-bond donors (Lipinski definition) is 1. The Morgan fingerprint density at radius 3 is 2.65 bits per heavy atom. The molecule has 0 spiro atoms. The first-order chi connectivity index (χ1) is 12.6. The van der Waals surface area contributed by atoms with E-state index >= 15 is 0 Å². The van der Waals surface area contributed by atoms with E-state index in [0.29, 0.717) is 23.8 Å². The number of ether oxygens (including phenoxy) is 1. The summed E-state index contributed by atoms with van der Waals surface area (Å²) in [4.78, 5) is 14.7. The Morgan fingerprint density at radius 1 is 1.19 bits per heavy atom. The molecule has 1 amide bonds. The van der Waals surface area contributed by atoms with Crippen LogP contribution in [0.15, 0.2) is 46.9 Å². The monoisotopic (exact) mass is 433 g/mol. The van der Waals surface area contributed by atoms with Crippen molar-refractivity contribution in [2.75, 3.05) is 13.1 Å². The lowest BCUT2D eigenvalue weighted by atomic mass is 10.1. The molecule has 1 aliphatic rings. The summed E-state index contributed by atoms with van der Waals surface area (Å²) in [6.45, 7) is 1.30. The summed E-state index contributed by atoms with van der Waals surface area (Å²) < 4.78 is 6.92. The van der Waals surface area contributed by atoms with Crippen LogP contribution in [0.5, 0.6) is 5.75 Å². The van der Waals surface area contributed by atoms with Gasteiger partial charge in [0.05, 0.1) is 5.52 Å². The van der Waals surface area contributed by atoms with Crippen molar-refractivity contribution in [1.82, 2.24) is 15.1 Å². The number of halogens is 2. The topological polar surface area (TPSA) is 58.2 Å². The van der Waals surface area contributed by atoms with Crippen molar-refractivity contribution >= 4 is 44.3 Å². The van der Waals surface area contributed by atoms with E-state index in [4.69, 9.17) is 16.3 Å². The number of hydrogen-bond acceptors (Lipinski definition) is 3. The number of carbonyl (C=O) groups is 1. The molecule has 0 unspecified atom stereocenters. The van der Waals surface area contributed by atoms with Gasteiger partial charge in [0.25, 0.3) is 5.91 Å². The highest BCUT2D eigenvalue weighted by molar-refractivity contribution is 9.10. The number of nitrogens with one attached hydrogen (secondary N) is 1. The minimum Gasteiger partial charge on any atom is -0.490 e. The zero-order valence-corrected chi connectivity index (χ0v) is 16.3. The summed E-state index contributed by atoms with van der Waals surface area (Å²) in [7, 11) is 0. The first kappa shape index (κ1) is 17.4. The molecular weight excluding hydrogens is 418 g/mol.